The van der Waals surface area contributed by atoms with Crippen LogP contribution in [-0.2, 0) is 0 Å². The van der Waals surface area contributed by atoms with Gasteiger partial charge in [-0.05, 0) is 56.4 Å². The molecule has 1 nitrogen and oxygen atoms in total. The first-order valence-corrected chi connectivity index (χ1v) is 8.54. The van der Waals surface area contributed by atoms with Crippen LogP contribution in [0.25, 0.3) is 0 Å². The van der Waals surface area contributed by atoms with Crippen molar-refractivity contribution in [3.63, 3.8) is 0 Å². The summed E-state index contributed by atoms with van der Waals surface area (Å²) in [6.45, 7) is 5.99. The fourth-order valence-electron chi connectivity index (χ4n) is 3.72. The second-order valence-corrected chi connectivity index (χ2v) is 6.84. The summed E-state index contributed by atoms with van der Waals surface area (Å²) >= 11 is 0. The molecule has 2 aliphatic carbocycles. The van der Waals surface area contributed by atoms with Crippen LogP contribution < -0.4 is 5.32 Å². The van der Waals surface area contributed by atoms with Crippen molar-refractivity contribution >= 4 is 0 Å². The van der Waals surface area contributed by atoms with Gasteiger partial charge in [-0.15, -0.1) is 0 Å². The Balaban J connectivity index is 1.72. The van der Waals surface area contributed by atoms with E-state index in [9.17, 15) is 0 Å². The van der Waals surface area contributed by atoms with Gasteiger partial charge in [0.2, 0.25) is 0 Å². The Morgan fingerprint density at radius 2 is 1.78 bits per heavy atom. The highest BCUT2D eigenvalue weighted by Gasteiger charge is 2.33. The van der Waals surface area contributed by atoms with Crippen molar-refractivity contribution < 1.29 is 0 Å². The van der Waals surface area contributed by atoms with Crippen molar-refractivity contribution in [1.82, 2.24) is 5.32 Å². The van der Waals surface area contributed by atoms with E-state index in [1.54, 1.807) is 0 Å². The Bertz CT molecular complexity index is 216. The summed E-state index contributed by atoms with van der Waals surface area (Å²) in [4.78, 5) is 0. The van der Waals surface area contributed by atoms with Crippen molar-refractivity contribution in [3.8, 4) is 0 Å². The highest BCUT2D eigenvalue weighted by molar-refractivity contribution is 4.87. The lowest BCUT2D eigenvalue weighted by Gasteiger charge is -2.28. The molecule has 106 valence electrons. The number of nitrogens with one attached hydrogen (secondary N) is 1. The lowest BCUT2D eigenvalue weighted by atomic mass is 9.83. The van der Waals surface area contributed by atoms with Crippen molar-refractivity contribution in [2.24, 2.45) is 17.8 Å². The molecule has 1 N–H and O–H groups in total. The summed E-state index contributed by atoms with van der Waals surface area (Å²) < 4.78 is 0. The summed E-state index contributed by atoms with van der Waals surface area (Å²) in [7, 11) is 0. The molecule has 2 saturated carbocycles. The van der Waals surface area contributed by atoms with E-state index in [1.165, 1.54) is 70.8 Å². The predicted octanol–water partition coefficient (Wildman–Crippen LogP) is 4.76. The van der Waals surface area contributed by atoms with Gasteiger partial charge in [0.05, 0.1) is 0 Å². The lowest BCUT2D eigenvalue weighted by molar-refractivity contribution is 0.271. The van der Waals surface area contributed by atoms with Crippen molar-refractivity contribution in [1.29, 1.82) is 0 Å². The third-order valence-electron chi connectivity index (χ3n) is 5.27. The Morgan fingerprint density at radius 1 is 1.06 bits per heavy atom. The monoisotopic (exact) mass is 251 g/mol. The van der Waals surface area contributed by atoms with Crippen molar-refractivity contribution in [2.45, 2.75) is 84.1 Å². The highest BCUT2D eigenvalue weighted by atomic mass is 14.9. The summed E-state index contributed by atoms with van der Waals surface area (Å²) in [5, 5.41) is 3.83. The highest BCUT2D eigenvalue weighted by Crippen LogP contribution is 2.39. The molecule has 18 heavy (non-hydrogen) atoms. The van der Waals surface area contributed by atoms with Gasteiger partial charge in [-0.3, -0.25) is 0 Å². The molecule has 0 heterocycles. The zero-order valence-corrected chi connectivity index (χ0v) is 12.6. The largest absolute Gasteiger partial charge is 0.314 e. The van der Waals surface area contributed by atoms with Gasteiger partial charge in [0.1, 0.15) is 0 Å². The molecule has 0 spiro atoms. The molecule has 0 radical (unpaired) electrons. The van der Waals surface area contributed by atoms with E-state index in [2.05, 4.69) is 19.2 Å². The van der Waals surface area contributed by atoms with E-state index in [0.717, 1.165) is 23.8 Å². The van der Waals surface area contributed by atoms with Crippen LogP contribution in [0.15, 0.2) is 0 Å². The van der Waals surface area contributed by atoms with Gasteiger partial charge in [-0.2, -0.15) is 0 Å². The summed E-state index contributed by atoms with van der Waals surface area (Å²) in [6, 6.07) is 0.805. The SMILES string of the molecule is CCCNC(CCC1CCCCC1)C(C)C1CC1. The maximum absolute atomic E-state index is 3.83. The molecule has 0 amide bonds. The Kier molecular flexibility index (Phi) is 6.01. The molecular weight excluding hydrogens is 218 g/mol. The quantitative estimate of drug-likeness (QED) is 0.656. The van der Waals surface area contributed by atoms with Crippen LogP contribution in [-0.4, -0.2) is 12.6 Å². The van der Waals surface area contributed by atoms with E-state index >= 15 is 0 Å². The van der Waals surface area contributed by atoms with Crippen LogP contribution in [0.1, 0.15) is 78.1 Å². The average Bonchev–Trinajstić information content (AvgIpc) is 3.24. The van der Waals surface area contributed by atoms with Gasteiger partial charge in [-0.1, -0.05) is 46.0 Å². The Morgan fingerprint density at radius 3 is 2.39 bits per heavy atom. The van der Waals surface area contributed by atoms with E-state index in [1.807, 2.05) is 0 Å². The topological polar surface area (TPSA) is 12.0 Å². The molecule has 0 aromatic heterocycles. The maximum atomic E-state index is 3.83. The predicted molar refractivity (Wildman–Crippen MR) is 79.8 cm³/mol. The van der Waals surface area contributed by atoms with Gasteiger partial charge >= 0.3 is 0 Å². The van der Waals surface area contributed by atoms with Gasteiger partial charge < -0.3 is 5.32 Å². The third kappa shape index (κ3) is 4.57. The van der Waals surface area contributed by atoms with Gasteiger partial charge in [0.25, 0.3) is 0 Å². The molecule has 1 heteroatoms. The fraction of sp³-hybridized carbons (Fsp3) is 1.00. The van der Waals surface area contributed by atoms with Gasteiger partial charge in [0.15, 0.2) is 0 Å². The first-order chi connectivity index (χ1) is 8.81. The molecule has 2 aliphatic rings. The van der Waals surface area contributed by atoms with Crippen LogP contribution in [0.2, 0.25) is 0 Å². The number of hydrogen-bond donors (Lipinski definition) is 1. The summed E-state index contributed by atoms with van der Waals surface area (Å²) in [5.41, 5.74) is 0. The lowest BCUT2D eigenvalue weighted by Crippen LogP contribution is -2.37. The fourth-order valence-corrected chi connectivity index (χ4v) is 3.72. The summed E-state index contributed by atoms with van der Waals surface area (Å²) in [5.74, 6) is 3.02. The second-order valence-electron chi connectivity index (χ2n) is 6.84. The number of rotatable bonds is 8. The molecule has 0 saturated heterocycles. The van der Waals surface area contributed by atoms with Crippen LogP contribution in [0.4, 0.5) is 0 Å². The van der Waals surface area contributed by atoms with E-state index in [0.29, 0.717) is 0 Å². The van der Waals surface area contributed by atoms with Crippen molar-refractivity contribution in [2.75, 3.05) is 6.54 Å². The molecule has 2 unspecified atom stereocenters. The van der Waals surface area contributed by atoms with E-state index in [4.69, 9.17) is 0 Å². The molecular formula is C17H33N. The first kappa shape index (κ1) is 14.4. The molecule has 0 aliphatic heterocycles. The smallest absolute Gasteiger partial charge is 0.00954 e. The minimum Gasteiger partial charge on any atom is -0.314 e. The number of hydrogen-bond acceptors (Lipinski definition) is 1. The van der Waals surface area contributed by atoms with E-state index in [-0.39, 0.29) is 0 Å². The second kappa shape index (κ2) is 7.53. The van der Waals surface area contributed by atoms with E-state index < -0.39 is 0 Å². The molecule has 2 atom stereocenters. The Hall–Kier alpha value is -0.0400. The van der Waals surface area contributed by atoms with Crippen LogP contribution >= 0.6 is 0 Å². The average molecular weight is 251 g/mol. The maximum Gasteiger partial charge on any atom is 0.00954 e. The van der Waals surface area contributed by atoms with Crippen LogP contribution in [0, 0.1) is 17.8 Å². The Labute approximate surface area is 114 Å². The minimum atomic E-state index is 0.805. The third-order valence-corrected chi connectivity index (χ3v) is 5.27. The van der Waals surface area contributed by atoms with Crippen LogP contribution in [0.5, 0.6) is 0 Å². The van der Waals surface area contributed by atoms with Crippen molar-refractivity contribution in [3.05, 3.63) is 0 Å². The molecule has 0 aromatic carbocycles. The molecule has 0 bridgehead atoms. The molecule has 0 aromatic rings. The van der Waals surface area contributed by atoms with Crippen LogP contribution in [0.3, 0.4) is 0 Å². The first-order valence-electron chi connectivity index (χ1n) is 8.54. The molecule has 2 fully saturated rings. The summed E-state index contributed by atoms with van der Waals surface area (Å²) in [6.07, 6.45) is 14.7. The van der Waals surface area contributed by atoms with Gasteiger partial charge in [0, 0.05) is 6.04 Å². The standard InChI is InChI=1S/C17H33N/c1-3-13-18-17(14(2)16-10-11-16)12-9-15-7-5-4-6-8-15/h14-18H,3-13H2,1-2H3. The zero-order valence-electron chi connectivity index (χ0n) is 12.6. The molecule has 2 rings (SSSR count). The minimum absolute atomic E-state index is 0.805. The normalized spacial score (nSPS) is 25.0. The van der Waals surface area contributed by atoms with Gasteiger partial charge in [-0.25, -0.2) is 0 Å². The zero-order chi connectivity index (χ0) is 12.8.